The van der Waals surface area contributed by atoms with Crippen molar-refractivity contribution in [3.8, 4) is 0 Å². The third kappa shape index (κ3) is 3.45. The third-order valence-corrected chi connectivity index (χ3v) is 4.11. The second-order valence-corrected chi connectivity index (χ2v) is 5.93. The van der Waals surface area contributed by atoms with E-state index in [0.717, 1.165) is 36.6 Å². The molecule has 2 amide bonds. The number of aryl methyl sites for hydroxylation is 1. The molecule has 1 N–H and O–H groups in total. The first-order valence-electron chi connectivity index (χ1n) is 6.64. The SMILES string of the molecule is Cc1nc(C(C)NC(=O)N2CCCCCC2)cs1. The molecule has 1 atom stereocenters. The summed E-state index contributed by atoms with van der Waals surface area (Å²) in [6.07, 6.45) is 4.73. The van der Waals surface area contributed by atoms with Crippen LogP contribution in [0.5, 0.6) is 0 Å². The van der Waals surface area contributed by atoms with E-state index >= 15 is 0 Å². The summed E-state index contributed by atoms with van der Waals surface area (Å²) in [7, 11) is 0. The summed E-state index contributed by atoms with van der Waals surface area (Å²) in [6, 6.07) is 0.0424. The van der Waals surface area contributed by atoms with Crippen LogP contribution in [-0.2, 0) is 0 Å². The number of nitrogens with zero attached hydrogens (tertiary/aromatic N) is 2. The molecule has 4 nitrogen and oxygen atoms in total. The Hall–Kier alpha value is -1.10. The first kappa shape index (κ1) is 13.3. The lowest BCUT2D eigenvalue weighted by atomic mass is 10.2. The fraction of sp³-hybridized carbons (Fsp3) is 0.692. The maximum absolute atomic E-state index is 12.1. The molecule has 18 heavy (non-hydrogen) atoms. The van der Waals surface area contributed by atoms with Gasteiger partial charge in [-0.2, -0.15) is 0 Å². The second-order valence-electron chi connectivity index (χ2n) is 4.86. The van der Waals surface area contributed by atoms with E-state index in [9.17, 15) is 4.79 Å². The van der Waals surface area contributed by atoms with Crippen LogP contribution in [0.2, 0.25) is 0 Å². The summed E-state index contributed by atoms with van der Waals surface area (Å²) in [5, 5.41) is 6.10. The van der Waals surface area contributed by atoms with Crippen LogP contribution < -0.4 is 5.32 Å². The fourth-order valence-corrected chi connectivity index (χ4v) is 2.91. The fourth-order valence-electron chi connectivity index (χ4n) is 2.20. The Balaban J connectivity index is 1.89. The van der Waals surface area contributed by atoms with Crippen LogP contribution in [0, 0.1) is 6.92 Å². The number of amides is 2. The van der Waals surface area contributed by atoms with Gasteiger partial charge in [-0.15, -0.1) is 11.3 Å². The molecule has 0 saturated carbocycles. The van der Waals surface area contributed by atoms with Crippen molar-refractivity contribution in [1.29, 1.82) is 0 Å². The van der Waals surface area contributed by atoms with Crippen LogP contribution in [-0.4, -0.2) is 29.0 Å². The van der Waals surface area contributed by atoms with Gasteiger partial charge in [-0.05, 0) is 26.7 Å². The van der Waals surface area contributed by atoms with Gasteiger partial charge >= 0.3 is 6.03 Å². The molecule has 0 bridgehead atoms. The molecule has 0 aliphatic carbocycles. The Morgan fingerprint density at radius 1 is 1.39 bits per heavy atom. The first-order valence-corrected chi connectivity index (χ1v) is 7.52. The van der Waals surface area contributed by atoms with E-state index in [1.165, 1.54) is 12.8 Å². The zero-order valence-electron chi connectivity index (χ0n) is 11.1. The number of carbonyl (C=O) groups excluding carboxylic acids is 1. The number of urea groups is 1. The standard InChI is InChI=1S/C13H21N3OS/c1-10(12-9-18-11(2)15-12)14-13(17)16-7-5-3-4-6-8-16/h9-10H,3-8H2,1-2H3,(H,14,17). The zero-order chi connectivity index (χ0) is 13.0. The largest absolute Gasteiger partial charge is 0.330 e. The van der Waals surface area contributed by atoms with E-state index < -0.39 is 0 Å². The maximum Gasteiger partial charge on any atom is 0.317 e. The van der Waals surface area contributed by atoms with Crippen molar-refractivity contribution in [1.82, 2.24) is 15.2 Å². The minimum atomic E-state index is -0.00861. The average molecular weight is 267 g/mol. The molecule has 100 valence electrons. The number of likely N-dealkylation sites (tertiary alicyclic amines) is 1. The topological polar surface area (TPSA) is 45.2 Å². The smallest absolute Gasteiger partial charge is 0.317 e. The minimum Gasteiger partial charge on any atom is -0.330 e. The number of aromatic nitrogens is 1. The van der Waals surface area contributed by atoms with E-state index in [-0.39, 0.29) is 12.1 Å². The number of hydrogen-bond donors (Lipinski definition) is 1. The van der Waals surface area contributed by atoms with E-state index in [1.54, 1.807) is 11.3 Å². The van der Waals surface area contributed by atoms with Crippen LogP contribution in [0.15, 0.2) is 5.38 Å². The van der Waals surface area contributed by atoms with Gasteiger partial charge in [-0.25, -0.2) is 9.78 Å². The number of carbonyl (C=O) groups is 1. The predicted octanol–water partition coefficient (Wildman–Crippen LogP) is 3.10. The molecule has 1 fully saturated rings. The summed E-state index contributed by atoms with van der Waals surface area (Å²) in [5.74, 6) is 0. The monoisotopic (exact) mass is 267 g/mol. The molecule has 5 heteroatoms. The summed E-state index contributed by atoms with van der Waals surface area (Å²) in [6.45, 7) is 5.74. The van der Waals surface area contributed by atoms with Crippen LogP contribution in [0.25, 0.3) is 0 Å². The van der Waals surface area contributed by atoms with Gasteiger partial charge in [0.1, 0.15) is 0 Å². The Morgan fingerprint density at radius 2 is 2.06 bits per heavy atom. The normalized spacial score (nSPS) is 18.2. The third-order valence-electron chi connectivity index (χ3n) is 3.31. The molecule has 2 heterocycles. The molecule has 1 saturated heterocycles. The van der Waals surface area contributed by atoms with E-state index in [2.05, 4.69) is 10.3 Å². The quantitative estimate of drug-likeness (QED) is 0.895. The first-order chi connectivity index (χ1) is 8.66. The highest BCUT2D eigenvalue weighted by Crippen LogP contribution is 2.16. The van der Waals surface area contributed by atoms with E-state index in [4.69, 9.17) is 0 Å². The molecule has 1 aliphatic rings. The Kier molecular flexibility index (Phi) is 4.58. The van der Waals surface area contributed by atoms with Crippen LogP contribution in [0.4, 0.5) is 4.79 Å². The number of thiazole rings is 1. The van der Waals surface area contributed by atoms with Crippen molar-refractivity contribution in [3.63, 3.8) is 0 Å². The van der Waals surface area contributed by atoms with E-state index in [0.29, 0.717) is 0 Å². The maximum atomic E-state index is 12.1. The van der Waals surface area contributed by atoms with Crippen molar-refractivity contribution in [2.24, 2.45) is 0 Å². The van der Waals surface area contributed by atoms with Gasteiger partial charge in [0.05, 0.1) is 16.7 Å². The highest BCUT2D eigenvalue weighted by atomic mass is 32.1. The van der Waals surface area contributed by atoms with Gasteiger partial charge in [0.25, 0.3) is 0 Å². The summed E-state index contributed by atoms with van der Waals surface area (Å²) in [5.41, 5.74) is 0.959. The van der Waals surface area contributed by atoms with Crippen molar-refractivity contribution in [2.75, 3.05) is 13.1 Å². The molecular weight excluding hydrogens is 246 g/mol. The lowest BCUT2D eigenvalue weighted by Gasteiger charge is -2.23. The average Bonchev–Trinajstić information content (AvgIpc) is 2.63. The number of rotatable bonds is 2. The minimum absolute atomic E-state index is 0.00861. The molecule has 0 spiro atoms. The van der Waals surface area contributed by atoms with Crippen LogP contribution in [0.1, 0.15) is 49.4 Å². The van der Waals surface area contributed by atoms with Crippen molar-refractivity contribution >= 4 is 17.4 Å². The van der Waals surface area contributed by atoms with Crippen LogP contribution in [0.3, 0.4) is 0 Å². The van der Waals surface area contributed by atoms with E-state index in [1.807, 2.05) is 24.1 Å². The molecule has 0 aromatic carbocycles. The molecule has 1 aliphatic heterocycles. The Bertz CT molecular complexity index is 397. The molecule has 2 rings (SSSR count). The van der Waals surface area contributed by atoms with Gasteiger partial charge in [-0.3, -0.25) is 0 Å². The molecule has 1 unspecified atom stereocenters. The highest BCUT2D eigenvalue weighted by molar-refractivity contribution is 7.09. The summed E-state index contributed by atoms with van der Waals surface area (Å²) >= 11 is 1.62. The van der Waals surface area contributed by atoms with Gasteiger partial charge in [0.2, 0.25) is 0 Å². The summed E-state index contributed by atoms with van der Waals surface area (Å²) < 4.78 is 0. The molecule has 0 radical (unpaired) electrons. The van der Waals surface area contributed by atoms with Gasteiger partial charge in [0.15, 0.2) is 0 Å². The molecule has 1 aromatic rings. The predicted molar refractivity (Wildman–Crippen MR) is 73.8 cm³/mol. The van der Waals surface area contributed by atoms with Gasteiger partial charge in [-0.1, -0.05) is 12.8 Å². The van der Waals surface area contributed by atoms with Gasteiger partial charge < -0.3 is 10.2 Å². The van der Waals surface area contributed by atoms with Crippen molar-refractivity contribution in [3.05, 3.63) is 16.1 Å². The molecular formula is C13H21N3OS. The number of hydrogen-bond acceptors (Lipinski definition) is 3. The summed E-state index contributed by atoms with van der Waals surface area (Å²) in [4.78, 5) is 18.5. The lowest BCUT2D eigenvalue weighted by molar-refractivity contribution is 0.196. The van der Waals surface area contributed by atoms with Crippen molar-refractivity contribution in [2.45, 2.75) is 45.6 Å². The highest BCUT2D eigenvalue weighted by Gasteiger charge is 2.18. The Morgan fingerprint density at radius 3 is 2.61 bits per heavy atom. The van der Waals surface area contributed by atoms with Crippen LogP contribution >= 0.6 is 11.3 Å². The van der Waals surface area contributed by atoms with Gasteiger partial charge in [0, 0.05) is 18.5 Å². The second kappa shape index (κ2) is 6.18. The lowest BCUT2D eigenvalue weighted by Crippen LogP contribution is -2.41. The Labute approximate surface area is 112 Å². The van der Waals surface area contributed by atoms with Crippen molar-refractivity contribution < 1.29 is 4.79 Å². The molecule has 1 aromatic heterocycles. The zero-order valence-corrected chi connectivity index (χ0v) is 11.9. The number of nitrogens with one attached hydrogen (secondary N) is 1.